The monoisotopic (exact) mass is 324 g/mol. The van der Waals surface area contributed by atoms with E-state index in [0.717, 1.165) is 12.1 Å². The fraction of sp³-hybridized carbons (Fsp3) is 0.364. The summed E-state index contributed by atoms with van der Waals surface area (Å²) in [5.41, 5.74) is -0.697. The average molecular weight is 325 g/mol. The highest BCUT2D eigenvalue weighted by Gasteiger charge is 2.31. The maximum atomic E-state index is 12.5. The van der Waals surface area contributed by atoms with Gasteiger partial charge in [0.05, 0.1) is 17.8 Å². The van der Waals surface area contributed by atoms with Crippen molar-refractivity contribution in [2.75, 3.05) is 18.4 Å². The molecule has 1 rings (SSSR count). The Morgan fingerprint density at radius 3 is 2.61 bits per heavy atom. The summed E-state index contributed by atoms with van der Waals surface area (Å²) in [5.74, 6) is -0.392. The smallest absolute Gasteiger partial charge is 0.324 e. The number of hydrogen-bond acceptors (Lipinski definition) is 2. The minimum absolute atomic E-state index is 0.0547. The largest absolute Gasteiger partial charge is 0.416 e. The van der Waals surface area contributed by atoms with Gasteiger partial charge in [-0.2, -0.15) is 13.2 Å². The predicted octanol–water partition coefficient (Wildman–Crippen LogP) is 3.02. The van der Waals surface area contributed by atoms with Gasteiger partial charge >= 0.3 is 6.18 Å². The molecule has 18 heavy (non-hydrogen) atoms. The molecule has 0 aromatic heterocycles. The van der Waals surface area contributed by atoms with Crippen LogP contribution in [0.1, 0.15) is 12.5 Å². The minimum Gasteiger partial charge on any atom is -0.324 e. The van der Waals surface area contributed by atoms with Crippen molar-refractivity contribution in [3.63, 3.8) is 0 Å². The molecule has 0 saturated carbocycles. The van der Waals surface area contributed by atoms with Crippen LogP contribution in [-0.2, 0) is 11.0 Å². The van der Waals surface area contributed by atoms with Gasteiger partial charge < -0.3 is 10.6 Å². The number of amides is 1. The first-order valence-electron chi connectivity index (χ1n) is 5.22. The van der Waals surface area contributed by atoms with Gasteiger partial charge in [0, 0.05) is 4.47 Å². The van der Waals surface area contributed by atoms with E-state index in [-0.39, 0.29) is 12.2 Å². The molecule has 7 heteroatoms. The first-order chi connectivity index (χ1) is 8.34. The van der Waals surface area contributed by atoms with E-state index in [4.69, 9.17) is 0 Å². The van der Waals surface area contributed by atoms with Crippen molar-refractivity contribution in [2.45, 2.75) is 13.1 Å². The number of halogens is 4. The van der Waals surface area contributed by atoms with Crippen molar-refractivity contribution in [3.05, 3.63) is 28.2 Å². The molecule has 0 aliphatic carbocycles. The van der Waals surface area contributed by atoms with Crippen molar-refractivity contribution < 1.29 is 18.0 Å². The van der Waals surface area contributed by atoms with Crippen LogP contribution in [0.25, 0.3) is 0 Å². The van der Waals surface area contributed by atoms with Crippen molar-refractivity contribution >= 4 is 27.5 Å². The maximum absolute atomic E-state index is 12.5. The van der Waals surface area contributed by atoms with E-state index in [0.29, 0.717) is 11.0 Å². The highest BCUT2D eigenvalue weighted by Crippen LogP contribution is 2.33. The number of hydrogen-bond donors (Lipinski definition) is 2. The summed E-state index contributed by atoms with van der Waals surface area (Å²) in [7, 11) is 0. The van der Waals surface area contributed by atoms with Crippen LogP contribution >= 0.6 is 15.9 Å². The predicted molar refractivity (Wildman–Crippen MR) is 66.3 cm³/mol. The minimum atomic E-state index is -4.43. The molecule has 0 radical (unpaired) electrons. The van der Waals surface area contributed by atoms with Crippen LogP contribution in [0.4, 0.5) is 18.9 Å². The lowest BCUT2D eigenvalue weighted by Crippen LogP contribution is -2.28. The Bertz CT molecular complexity index is 435. The Balaban J connectivity index is 2.85. The number of alkyl halides is 3. The fourth-order valence-corrected chi connectivity index (χ4v) is 1.58. The molecule has 0 saturated heterocycles. The van der Waals surface area contributed by atoms with Crippen LogP contribution in [0.5, 0.6) is 0 Å². The van der Waals surface area contributed by atoms with E-state index < -0.39 is 17.6 Å². The number of rotatable bonds is 4. The first kappa shape index (κ1) is 15.0. The summed E-state index contributed by atoms with van der Waals surface area (Å²) in [6.07, 6.45) is -4.43. The van der Waals surface area contributed by atoms with Gasteiger partial charge in [-0.1, -0.05) is 6.92 Å². The SMILES string of the molecule is CCNCC(=O)Nc1cc(C(F)(F)F)ccc1Br. The van der Waals surface area contributed by atoms with Gasteiger partial charge in [0.2, 0.25) is 5.91 Å². The zero-order valence-corrected chi connectivity index (χ0v) is 11.2. The topological polar surface area (TPSA) is 41.1 Å². The van der Waals surface area contributed by atoms with Gasteiger partial charge in [0.1, 0.15) is 0 Å². The zero-order chi connectivity index (χ0) is 13.8. The molecule has 2 N–H and O–H groups in total. The van der Waals surface area contributed by atoms with Crippen LogP contribution in [0.3, 0.4) is 0 Å². The number of benzene rings is 1. The summed E-state index contributed by atoms with van der Waals surface area (Å²) >= 11 is 3.09. The van der Waals surface area contributed by atoms with Crippen LogP contribution in [0, 0.1) is 0 Å². The van der Waals surface area contributed by atoms with E-state index >= 15 is 0 Å². The van der Waals surface area contributed by atoms with E-state index in [1.807, 2.05) is 6.92 Å². The molecule has 0 atom stereocenters. The van der Waals surface area contributed by atoms with Crippen molar-refractivity contribution in [1.82, 2.24) is 5.32 Å². The Hall–Kier alpha value is -1.08. The lowest BCUT2D eigenvalue weighted by molar-refractivity contribution is -0.137. The van der Waals surface area contributed by atoms with E-state index in [1.165, 1.54) is 6.07 Å². The molecular formula is C11H12BrF3N2O. The zero-order valence-electron chi connectivity index (χ0n) is 9.57. The Morgan fingerprint density at radius 2 is 2.06 bits per heavy atom. The Kier molecular flexibility index (Phi) is 5.15. The molecule has 0 fully saturated rings. The molecule has 100 valence electrons. The first-order valence-corrected chi connectivity index (χ1v) is 6.01. The van der Waals surface area contributed by atoms with Crippen molar-refractivity contribution in [3.8, 4) is 0 Å². The van der Waals surface area contributed by atoms with Gasteiger partial charge in [0.15, 0.2) is 0 Å². The van der Waals surface area contributed by atoms with Gasteiger partial charge in [-0.3, -0.25) is 4.79 Å². The van der Waals surface area contributed by atoms with Gasteiger partial charge in [-0.25, -0.2) is 0 Å². The normalized spacial score (nSPS) is 11.4. The lowest BCUT2D eigenvalue weighted by atomic mass is 10.2. The Labute approximate surface area is 111 Å². The Morgan fingerprint density at radius 1 is 1.39 bits per heavy atom. The third kappa shape index (κ3) is 4.30. The van der Waals surface area contributed by atoms with Crippen LogP contribution < -0.4 is 10.6 Å². The lowest BCUT2D eigenvalue weighted by Gasteiger charge is -2.11. The number of likely N-dealkylation sites (N-methyl/N-ethyl adjacent to an activating group) is 1. The summed E-state index contributed by atoms with van der Waals surface area (Å²) in [5, 5.41) is 5.19. The van der Waals surface area contributed by atoms with E-state index in [9.17, 15) is 18.0 Å². The molecule has 1 aromatic rings. The maximum Gasteiger partial charge on any atom is 0.416 e. The third-order valence-electron chi connectivity index (χ3n) is 2.10. The van der Waals surface area contributed by atoms with E-state index in [1.54, 1.807) is 0 Å². The molecule has 0 heterocycles. The quantitative estimate of drug-likeness (QED) is 0.893. The molecule has 1 amide bonds. The van der Waals surface area contributed by atoms with Crippen LogP contribution in [0.2, 0.25) is 0 Å². The van der Waals surface area contributed by atoms with Crippen LogP contribution in [-0.4, -0.2) is 19.0 Å². The average Bonchev–Trinajstić information content (AvgIpc) is 2.28. The van der Waals surface area contributed by atoms with Gasteiger partial charge in [-0.15, -0.1) is 0 Å². The second-order valence-electron chi connectivity index (χ2n) is 3.52. The number of nitrogens with one attached hydrogen (secondary N) is 2. The molecule has 3 nitrogen and oxygen atoms in total. The summed E-state index contributed by atoms with van der Waals surface area (Å²) in [6, 6.07) is 3.10. The van der Waals surface area contributed by atoms with Gasteiger partial charge in [-0.05, 0) is 40.7 Å². The molecule has 0 spiro atoms. The number of anilines is 1. The third-order valence-corrected chi connectivity index (χ3v) is 2.79. The van der Waals surface area contributed by atoms with Crippen molar-refractivity contribution in [1.29, 1.82) is 0 Å². The molecular weight excluding hydrogens is 313 g/mol. The number of carbonyl (C=O) groups is 1. The fourth-order valence-electron chi connectivity index (χ4n) is 1.23. The second kappa shape index (κ2) is 6.19. The highest BCUT2D eigenvalue weighted by atomic mass is 79.9. The van der Waals surface area contributed by atoms with Crippen LogP contribution in [0.15, 0.2) is 22.7 Å². The molecule has 0 aliphatic rings. The highest BCUT2D eigenvalue weighted by molar-refractivity contribution is 9.10. The molecule has 0 bridgehead atoms. The molecule has 1 aromatic carbocycles. The van der Waals surface area contributed by atoms with Gasteiger partial charge in [0.25, 0.3) is 0 Å². The molecule has 0 aliphatic heterocycles. The standard InChI is InChI=1S/C11H12BrF3N2O/c1-2-16-6-10(18)17-9-5-7(11(13,14)15)3-4-8(9)12/h3-5,16H,2,6H2,1H3,(H,17,18). The van der Waals surface area contributed by atoms with Crippen molar-refractivity contribution in [2.24, 2.45) is 0 Å². The summed E-state index contributed by atoms with van der Waals surface area (Å²) < 4.78 is 37.9. The number of carbonyl (C=O) groups excluding carboxylic acids is 1. The molecule has 0 unspecified atom stereocenters. The second-order valence-corrected chi connectivity index (χ2v) is 4.38. The summed E-state index contributed by atoms with van der Waals surface area (Å²) in [4.78, 5) is 11.4. The summed E-state index contributed by atoms with van der Waals surface area (Å²) in [6.45, 7) is 2.49. The van der Waals surface area contributed by atoms with E-state index in [2.05, 4.69) is 26.6 Å².